The van der Waals surface area contributed by atoms with Crippen LogP contribution >= 0.6 is 11.8 Å². The van der Waals surface area contributed by atoms with E-state index in [1.807, 2.05) is 5.32 Å². The second-order valence-electron chi connectivity index (χ2n) is 3.05. The second kappa shape index (κ2) is 10.6. The molecule has 0 spiro atoms. The molecule has 0 bridgehead atoms. The van der Waals surface area contributed by atoms with Gasteiger partial charge in [-0.05, 0) is 0 Å². The standard InChI is InChI=1S/C10H16N2O5S/c1-2-4-18-5-3-11-10(16)12-8(13)6-17-7-9(14)15/h2H,1,3-7H2,(H,14,15)(H2,11,12,13,16). The van der Waals surface area contributed by atoms with Crippen molar-refractivity contribution in [3.63, 3.8) is 0 Å². The quantitative estimate of drug-likeness (QED) is 0.399. The number of rotatable bonds is 9. The number of aliphatic carboxylic acids is 1. The first-order valence-corrected chi connectivity index (χ1v) is 6.27. The number of urea groups is 1. The summed E-state index contributed by atoms with van der Waals surface area (Å²) in [5.74, 6) is -0.354. The minimum absolute atomic E-state index is 0.424. The average molecular weight is 276 g/mol. The van der Waals surface area contributed by atoms with Crippen LogP contribution in [0.25, 0.3) is 0 Å². The Hall–Kier alpha value is -1.54. The maximum absolute atomic E-state index is 11.1. The summed E-state index contributed by atoms with van der Waals surface area (Å²) in [6.45, 7) is 2.93. The molecular weight excluding hydrogens is 260 g/mol. The maximum atomic E-state index is 11.1. The zero-order valence-corrected chi connectivity index (χ0v) is 10.6. The normalized spacial score (nSPS) is 9.56. The van der Waals surface area contributed by atoms with Gasteiger partial charge >= 0.3 is 12.0 Å². The van der Waals surface area contributed by atoms with Crippen LogP contribution in [0, 0.1) is 0 Å². The van der Waals surface area contributed by atoms with Crippen LogP contribution in [0.1, 0.15) is 0 Å². The summed E-state index contributed by atoms with van der Waals surface area (Å²) in [6.07, 6.45) is 1.76. The summed E-state index contributed by atoms with van der Waals surface area (Å²) in [4.78, 5) is 32.3. The van der Waals surface area contributed by atoms with E-state index < -0.39 is 31.1 Å². The van der Waals surface area contributed by atoms with Gasteiger partial charge in [0.15, 0.2) is 0 Å². The first-order chi connectivity index (χ1) is 8.56. The van der Waals surface area contributed by atoms with E-state index in [0.717, 1.165) is 5.75 Å². The van der Waals surface area contributed by atoms with Crippen LogP contribution in [-0.2, 0) is 14.3 Å². The third kappa shape index (κ3) is 11.0. The van der Waals surface area contributed by atoms with E-state index in [1.54, 1.807) is 17.8 Å². The summed E-state index contributed by atoms with van der Waals surface area (Å²) in [6, 6.07) is -0.627. The lowest BCUT2D eigenvalue weighted by molar-refractivity contribution is -0.143. The number of hydrogen-bond acceptors (Lipinski definition) is 5. The lowest BCUT2D eigenvalue weighted by Gasteiger charge is -2.06. The number of ether oxygens (including phenoxy) is 1. The third-order valence-corrected chi connectivity index (χ3v) is 2.44. The number of carbonyl (C=O) groups excluding carboxylic acids is 2. The van der Waals surface area contributed by atoms with Gasteiger partial charge in [-0.1, -0.05) is 6.08 Å². The van der Waals surface area contributed by atoms with E-state index in [9.17, 15) is 14.4 Å². The Morgan fingerprint density at radius 3 is 2.67 bits per heavy atom. The minimum atomic E-state index is -1.17. The molecule has 0 saturated carbocycles. The molecule has 8 heteroatoms. The van der Waals surface area contributed by atoms with Crippen molar-refractivity contribution in [2.45, 2.75) is 0 Å². The molecule has 0 rings (SSSR count). The van der Waals surface area contributed by atoms with Gasteiger partial charge in [0.2, 0.25) is 0 Å². The molecular formula is C10H16N2O5S. The molecule has 7 nitrogen and oxygen atoms in total. The summed E-state index contributed by atoms with van der Waals surface area (Å²) < 4.78 is 4.51. The van der Waals surface area contributed by atoms with Crippen molar-refractivity contribution in [1.29, 1.82) is 0 Å². The molecule has 0 saturated heterocycles. The van der Waals surface area contributed by atoms with Gasteiger partial charge in [0, 0.05) is 18.1 Å². The molecule has 0 aliphatic heterocycles. The number of nitrogens with one attached hydrogen (secondary N) is 2. The molecule has 0 fully saturated rings. The fourth-order valence-electron chi connectivity index (χ4n) is 0.841. The molecule has 0 heterocycles. The van der Waals surface area contributed by atoms with Gasteiger partial charge in [-0.2, -0.15) is 11.8 Å². The molecule has 3 N–H and O–H groups in total. The van der Waals surface area contributed by atoms with Gasteiger partial charge in [-0.25, -0.2) is 9.59 Å². The summed E-state index contributed by atoms with van der Waals surface area (Å²) in [5.41, 5.74) is 0. The number of imide groups is 1. The predicted octanol–water partition coefficient (Wildman–Crippen LogP) is -0.167. The first kappa shape index (κ1) is 16.5. The third-order valence-electron chi connectivity index (χ3n) is 1.48. The average Bonchev–Trinajstić information content (AvgIpc) is 2.28. The summed E-state index contributed by atoms with van der Waals surface area (Å²) in [7, 11) is 0. The van der Waals surface area contributed by atoms with Crippen molar-refractivity contribution in [3.05, 3.63) is 12.7 Å². The molecule has 3 amide bonds. The Kier molecular flexibility index (Phi) is 9.70. The largest absolute Gasteiger partial charge is 0.480 e. The minimum Gasteiger partial charge on any atom is -0.480 e. The lowest BCUT2D eigenvalue weighted by Crippen LogP contribution is -2.42. The van der Waals surface area contributed by atoms with Crippen LogP contribution in [0.5, 0.6) is 0 Å². The Morgan fingerprint density at radius 2 is 2.06 bits per heavy atom. The Morgan fingerprint density at radius 1 is 1.33 bits per heavy atom. The van der Waals surface area contributed by atoms with Crippen molar-refractivity contribution in [3.8, 4) is 0 Å². The van der Waals surface area contributed by atoms with Gasteiger partial charge in [0.05, 0.1) is 0 Å². The van der Waals surface area contributed by atoms with Crippen LogP contribution in [0.2, 0.25) is 0 Å². The highest BCUT2D eigenvalue weighted by Gasteiger charge is 2.07. The number of thioether (sulfide) groups is 1. The second-order valence-corrected chi connectivity index (χ2v) is 4.20. The van der Waals surface area contributed by atoms with Crippen molar-refractivity contribution < 1.29 is 24.2 Å². The van der Waals surface area contributed by atoms with E-state index in [1.165, 1.54) is 0 Å². The fraction of sp³-hybridized carbons (Fsp3) is 0.500. The molecule has 18 heavy (non-hydrogen) atoms. The van der Waals surface area contributed by atoms with Gasteiger partial charge in [0.1, 0.15) is 13.2 Å². The molecule has 0 radical (unpaired) electrons. The van der Waals surface area contributed by atoms with Crippen LogP contribution in [-0.4, -0.2) is 54.3 Å². The topological polar surface area (TPSA) is 105 Å². The molecule has 0 aliphatic carbocycles. The van der Waals surface area contributed by atoms with E-state index in [4.69, 9.17) is 5.11 Å². The predicted molar refractivity (Wildman–Crippen MR) is 67.5 cm³/mol. The van der Waals surface area contributed by atoms with Gasteiger partial charge in [-0.3, -0.25) is 10.1 Å². The molecule has 0 aromatic heterocycles. The van der Waals surface area contributed by atoms with Crippen molar-refractivity contribution >= 4 is 29.7 Å². The van der Waals surface area contributed by atoms with E-state index in [0.29, 0.717) is 12.3 Å². The van der Waals surface area contributed by atoms with Crippen LogP contribution in [0.3, 0.4) is 0 Å². The van der Waals surface area contributed by atoms with Crippen molar-refractivity contribution in [2.75, 3.05) is 31.3 Å². The van der Waals surface area contributed by atoms with Gasteiger partial charge in [0.25, 0.3) is 5.91 Å². The highest BCUT2D eigenvalue weighted by Crippen LogP contribution is 1.96. The first-order valence-electron chi connectivity index (χ1n) is 5.12. The highest BCUT2D eigenvalue weighted by atomic mass is 32.2. The number of amides is 3. The molecule has 0 atom stereocenters. The van der Waals surface area contributed by atoms with Gasteiger partial charge < -0.3 is 15.2 Å². The lowest BCUT2D eigenvalue weighted by atomic mass is 10.6. The molecule has 0 aromatic carbocycles. The van der Waals surface area contributed by atoms with E-state index >= 15 is 0 Å². The number of carbonyl (C=O) groups is 3. The smallest absolute Gasteiger partial charge is 0.329 e. The number of carboxylic acids is 1. The fourth-order valence-corrected chi connectivity index (χ4v) is 1.42. The van der Waals surface area contributed by atoms with Crippen LogP contribution in [0.4, 0.5) is 4.79 Å². The number of hydrogen-bond donors (Lipinski definition) is 3. The van der Waals surface area contributed by atoms with E-state index in [-0.39, 0.29) is 0 Å². The highest BCUT2D eigenvalue weighted by molar-refractivity contribution is 7.99. The summed E-state index contributed by atoms with van der Waals surface area (Å²) >= 11 is 1.60. The van der Waals surface area contributed by atoms with Crippen molar-refractivity contribution in [1.82, 2.24) is 10.6 Å². The van der Waals surface area contributed by atoms with Crippen LogP contribution < -0.4 is 10.6 Å². The Labute approximate surface area is 109 Å². The Bertz CT molecular complexity index is 309. The number of carboxylic acid groups (broad SMARTS) is 1. The zero-order chi connectivity index (χ0) is 13.8. The monoisotopic (exact) mass is 276 g/mol. The molecule has 0 unspecified atom stereocenters. The zero-order valence-electron chi connectivity index (χ0n) is 9.81. The van der Waals surface area contributed by atoms with Gasteiger partial charge in [-0.15, -0.1) is 6.58 Å². The van der Waals surface area contributed by atoms with Crippen LogP contribution in [0.15, 0.2) is 12.7 Å². The maximum Gasteiger partial charge on any atom is 0.329 e. The summed E-state index contributed by atoms with van der Waals surface area (Å²) in [5, 5.41) is 12.7. The molecule has 0 aliphatic rings. The Balaban J connectivity index is 3.52. The van der Waals surface area contributed by atoms with Crippen molar-refractivity contribution in [2.24, 2.45) is 0 Å². The molecule has 0 aromatic rings. The SMILES string of the molecule is C=CCSCCNC(=O)NC(=O)COCC(=O)O. The van der Waals surface area contributed by atoms with E-state index in [2.05, 4.69) is 16.6 Å². The molecule has 102 valence electrons.